The molecular formula is C14H21N. The lowest BCUT2D eigenvalue weighted by Gasteiger charge is -2.30. The Morgan fingerprint density at radius 2 is 2.07 bits per heavy atom. The molecule has 1 saturated heterocycles. The van der Waals surface area contributed by atoms with Crippen molar-refractivity contribution in [2.75, 3.05) is 19.6 Å². The summed E-state index contributed by atoms with van der Waals surface area (Å²) >= 11 is 0. The number of hydrogen-bond acceptors (Lipinski definition) is 1. The molecular weight excluding hydrogens is 182 g/mol. The zero-order valence-electron chi connectivity index (χ0n) is 9.65. The highest BCUT2D eigenvalue weighted by Gasteiger charge is 2.15. The van der Waals surface area contributed by atoms with Gasteiger partial charge in [-0.25, -0.2) is 0 Å². The molecule has 0 atom stereocenters. The normalized spacial score (nSPS) is 23.9. The smallest absolute Gasteiger partial charge is 0.0233 e. The molecule has 1 aliphatic heterocycles. The van der Waals surface area contributed by atoms with Crippen molar-refractivity contribution in [2.45, 2.75) is 26.2 Å². The van der Waals surface area contributed by atoms with Crippen LogP contribution in [0, 0.1) is 5.92 Å². The fourth-order valence-electron chi connectivity index (χ4n) is 2.21. The first-order valence-electron chi connectivity index (χ1n) is 6.09. The van der Waals surface area contributed by atoms with Crippen molar-refractivity contribution in [3.8, 4) is 0 Å². The minimum atomic E-state index is 0.930. The standard InChI is InChI=1S/C14H21N/c1-13-8-10-15(11-9-13)12-14-6-4-2-3-5-7-14/h2,4-7,13H,3,8-12H2,1H3. The first-order chi connectivity index (χ1) is 7.34. The summed E-state index contributed by atoms with van der Waals surface area (Å²) in [5.41, 5.74) is 1.46. The number of hydrogen-bond donors (Lipinski definition) is 0. The Bertz CT molecular complexity index is 278. The number of allylic oxidation sites excluding steroid dienone is 4. The van der Waals surface area contributed by atoms with E-state index in [1.165, 1.54) is 31.5 Å². The van der Waals surface area contributed by atoms with Gasteiger partial charge in [0.15, 0.2) is 0 Å². The molecule has 0 bridgehead atoms. The fourth-order valence-corrected chi connectivity index (χ4v) is 2.21. The molecule has 0 amide bonds. The van der Waals surface area contributed by atoms with E-state index in [0.717, 1.165) is 18.9 Å². The summed E-state index contributed by atoms with van der Waals surface area (Å²) in [5.74, 6) is 0.930. The van der Waals surface area contributed by atoms with Crippen molar-refractivity contribution in [1.29, 1.82) is 0 Å². The Balaban J connectivity index is 1.86. The fraction of sp³-hybridized carbons (Fsp3) is 0.571. The lowest BCUT2D eigenvalue weighted by molar-refractivity contribution is 0.207. The Labute approximate surface area is 93.2 Å². The summed E-state index contributed by atoms with van der Waals surface area (Å²) in [7, 11) is 0. The maximum absolute atomic E-state index is 2.58. The van der Waals surface area contributed by atoms with E-state index < -0.39 is 0 Å². The van der Waals surface area contributed by atoms with Crippen LogP contribution in [0.15, 0.2) is 36.0 Å². The van der Waals surface area contributed by atoms with Gasteiger partial charge in [0.2, 0.25) is 0 Å². The van der Waals surface area contributed by atoms with E-state index in [9.17, 15) is 0 Å². The molecule has 0 aromatic heterocycles. The van der Waals surface area contributed by atoms with E-state index in [4.69, 9.17) is 0 Å². The van der Waals surface area contributed by atoms with Crippen LogP contribution in [0.2, 0.25) is 0 Å². The summed E-state index contributed by atoms with van der Waals surface area (Å²) in [6.45, 7) is 6.05. The van der Waals surface area contributed by atoms with E-state index in [1.807, 2.05) is 0 Å². The third kappa shape index (κ3) is 3.35. The maximum atomic E-state index is 2.58. The van der Waals surface area contributed by atoms with Crippen LogP contribution in [0.3, 0.4) is 0 Å². The predicted molar refractivity (Wildman–Crippen MR) is 65.8 cm³/mol. The van der Waals surface area contributed by atoms with E-state index in [0.29, 0.717) is 0 Å². The molecule has 0 aromatic rings. The Morgan fingerprint density at radius 3 is 2.87 bits per heavy atom. The number of piperidine rings is 1. The third-order valence-corrected chi connectivity index (χ3v) is 3.33. The second-order valence-electron chi connectivity index (χ2n) is 4.77. The zero-order valence-corrected chi connectivity index (χ0v) is 9.65. The van der Waals surface area contributed by atoms with Crippen LogP contribution in [-0.4, -0.2) is 24.5 Å². The highest BCUT2D eigenvalue weighted by atomic mass is 15.1. The van der Waals surface area contributed by atoms with Crippen LogP contribution >= 0.6 is 0 Å². The van der Waals surface area contributed by atoms with Crippen molar-refractivity contribution in [1.82, 2.24) is 4.90 Å². The molecule has 2 rings (SSSR count). The van der Waals surface area contributed by atoms with Gasteiger partial charge in [-0.1, -0.05) is 37.3 Å². The van der Waals surface area contributed by atoms with Crippen LogP contribution in [0.4, 0.5) is 0 Å². The Morgan fingerprint density at radius 1 is 1.27 bits per heavy atom. The molecule has 15 heavy (non-hydrogen) atoms. The largest absolute Gasteiger partial charge is 0.299 e. The Kier molecular flexibility index (Phi) is 3.79. The zero-order chi connectivity index (χ0) is 10.5. The maximum Gasteiger partial charge on any atom is 0.0233 e. The number of rotatable bonds is 2. The first kappa shape index (κ1) is 10.7. The molecule has 82 valence electrons. The molecule has 2 aliphatic rings. The number of likely N-dealkylation sites (tertiary alicyclic amines) is 1. The predicted octanol–water partition coefficient (Wildman–Crippen LogP) is 3.16. The summed E-state index contributed by atoms with van der Waals surface area (Å²) in [6, 6.07) is 0. The Hall–Kier alpha value is -0.820. The molecule has 1 nitrogen and oxygen atoms in total. The van der Waals surface area contributed by atoms with Crippen LogP contribution < -0.4 is 0 Å². The van der Waals surface area contributed by atoms with Gasteiger partial charge in [0.1, 0.15) is 0 Å². The monoisotopic (exact) mass is 203 g/mol. The van der Waals surface area contributed by atoms with Gasteiger partial charge in [-0.2, -0.15) is 0 Å². The topological polar surface area (TPSA) is 3.24 Å². The van der Waals surface area contributed by atoms with Gasteiger partial charge in [0, 0.05) is 6.54 Å². The van der Waals surface area contributed by atoms with Crippen molar-refractivity contribution >= 4 is 0 Å². The van der Waals surface area contributed by atoms with Crippen LogP contribution in [-0.2, 0) is 0 Å². The van der Waals surface area contributed by atoms with Gasteiger partial charge in [0.25, 0.3) is 0 Å². The van der Waals surface area contributed by atoms with Crippen LogP contribution in [0.5, 0.6) is 0 Å². The summed E-state index contributed by atoms with van der Waals surface area (Å²) in [6.07, 6.45) is 15.0. The van der Waals surface area contributed by atoms with E-state index in [1.54, 1.807) is 0 Å². The van der Waals surface area contributed by atoms with Crippen molar-refractivity contribution in [3.05, 3.63) is 36.0 Å². The van der Waals surface area contributed by atoms with Gasteiger partial charge in [-0.15, -0.1) is 0 Å². The molecule has 0 unspecified atom stereocenters. The lowest BCUT2D eigenvalue weighted by atomic mass is 9.99. The summed E-state index contributed by atoms with van der Waals surface area (Å²) in [5, 5.41) is 0. The quantitative estimate of drug-likeness (QED) is 0.666. The van der Waals surface area contributed by atoms with Crippen LogP contribution in [0.1, 0.15) is 26.2 Å². The highest BCUT2D eigenvalue weighted by Crippen LogP contribution is 2.17. The molecule has 1 fully saturated rings. The van der Waals surface area contributed by atoms with E-state index in [2.05, 4.69) is 42.2 Å². The summed E-state index contributed by atoms with van der Waals surface area (Å²) < 4.78 is 0. The average molecular weight is 203 g/mol. The number of nitrogens with zero attached hydrogens (tertiary/aromatic N) is 1. The molecule has 1 heterocycles. The molecule has 1 aliphatic carbocycles. The third-order valence-electron chi connectivity index (χ3n) is 3.33. The molecule has 0 saturated carbocycles. The molecule has 0 N–H and O–H groups in total. The second-order valence-corrected chi connectivity index (χ2v) is 4.77. The molecule has 0 aromatic carbocycles. The first-order valence-corrected chi connectivity index (χ1v) is 6.09. The van der Waals surface area contributed by atoms with Gasteiger partial charge in [0.05, 0.1) is 0 Å². The molecule has 1 heteroatoms. The molecule has 0 spiro atoms. The van der Waals surface area contributed by atoms with Crippen LogP contribution in [0.25, 0.3) is 0 Å². The highest BCUT2D eigenvalue weighted by molar-refractivity contribution is 5.28. The SMILES string of the molecule is CC1CCN(CC2=CC=CCC=C2)CC1. The van der Waals surface area contributed by atoms with Crippen molar-refractivity contribution in [3.63, 3.8) is 0 Å². The average Bonchev–Trinajstić information content (AvgIpc) is 2.50. The second kappa shape index (κ2) is 5.32. The minimum absolute atomic E-state index is 0.930. The van der Waals surface area contributed by atoms with Gasteiger partial charge < -0.3 is 0 Å². The van der Waals surface area contributed by atoms with E-state index >= 15 is 0 Å². The van der Waals surface area contributed by atoms with E-state index in [-0.39, 0.29) is 0 Å². The van der Waals surface area contributed by atoms with Gasteiger partial charge in [-0.3, -0.25) is 4.90 Å². The molecule has 0 radical (unpaired) electrons. The van der Waals surface area contributed by atoms with Gasteiger partial charge in [-0.05, 0) is 43.8 Å². The van der Waals surface area contributed by atoms with Gasteiger partial charge >= 0.3 is 0 Å². The lowest BCUT2D eigenvalue weighted by Crippen LogP contribution is -2.34. The minimum Gasteiger partial charge on any atom is -0.299 e. The van der Waals surface area contributed by atoms with Crippen molar-refractivity contribution < 1.29 is 0 Å². The summed E-state index contributed by atoms with van der Waals surface area (Å²) in [4.78, 5) is 2.58. The van der Waals surface area contributed by atoms with Crippen molar-refractivity contribution in [2.24, 2.45) is 5.92 Å².